The molecule has 1 N–H and O–H groups in total. The fourth-order valence-corrected chi connectivity index (χ4v) is 3.76. The minimum atomic E-state index is -0.660. The van der Waals surface area contributed by atoms with Gasteiger partial charge in [0.1, 0.15) is 11.5 Å². The van der Waals surface area contributed by atoms with Crippen LogP contribution in [-0.4, -0.2) is 60.4 Å². The number of ether oxygens (including phenoxy) is 1. The van der Waals surface area contributed by atoms with Crippen molar-refractivity contribution in [2.24, 2.45) is 0 Å². The first-order chi connectivity index (χ1) is 14.9. The molecular formula is C25H30N2O4. The molecule has 1 fully saturated rings. The van der Waals surface area contributed by atoms with E-state index in [4.69, 9.17) is 4.74 Å². The highest BCUT2D eigenvalue weighted by molar-refractivity contribution is 6.46. The molecule has 0 unspecified atom stereocenters. The number of nitrogens with zero attached hydrogens (tertiary/aromatic N) is 2. The van der Waals surface area contributed by atoms with Crippen molar-refractivity contribution in [2.45, 2.75) is 25.8 Å². The van der Waals surface area contributed by atoms with Gasteiger partial charge in [0, 0.05) is 12.1 Å². The summed E-state index contributed by atoms with van der Waals surface area (Å²) in [6.07, 6.45) is 1.59. The van der Waals surface area contributed by atoms with E-state index in [1.165, 1.54) is 0 Å². The Kier molecular flexibility index (Phi) is 7.47. The molecule has 0 bridgehead atoms. The first-order valence-corrected chi connectivity index (χ1v) is 10.6. The lowest BCUT2D eigenvalue weighted by Gasteiger charge is -2.26. The van der Waals surface area contributed by atoms with Crippen molar-refractivity contribution in [3.05, 3.63) is 71.3 Å². The number of carbonyl (C=O) groups is 2. The molecule has 0 spiro atoms. The fraction of sp³-hybridized carbons (Fsp3) is 0.360. The Hall–Kier alpha value is -3.12. The Balaban J connectivity index is 2.06. The third-order valence-electron chi connectivity index (χ3n) is 5.24. The van der Waals surface area contributed by atoms with E-state index in [1.807, 2.05) is 56.3 Å². The monoisotopic (exact) mass is 422 g/mol. The minimum Gasteiger partial charge on any atom is -0.507 e. The highest BCUT2D eigenvalue weighted by Gasteiger charge is 2.45. The summed E-state index contributed by atoms with van der Waals surface area (Å²) in [5.74, 6) is -0.714. The van der Waals surface area contributed by atoms with E-state index in [9.17, 15) is 14.7 Å². The summed E-state index contributed by atoms with van der Waals surface area (Å²) in [6, 6.07) is 15.6. The zero-order chi connectivity index (χ0) is 22.4. The fourth-order valence-electron chi connectivity index (χ4n) is 3.76. The largest absolute Gasteiger partial charge is 0.507 e. The summed E-state index contributed by atoms with van der Waals surface area (Å²) >= 11 is 0. The Morgan fingerprint density at radius 3 is 2.52 bits per heavy atom. The van der Waals surface area contributed by atoms with Crippen molar-refractivity contribution < 1.29 is 19.4 Å². The van der Waals surface area contributed by atoms with Crippen LogP contribution in [0.5, 0.6) is 5.75 Å². The van der Waals surface area contributed by atoms with Crippen molar-refractivity contribution in [1.82, 2.24) is 9.80 Å². The van der Waals surface area contributed by atoms with Crippen molar-refractivity contribution in [3.63, 3.8) is 0 Å². The van der Waals surface area contributed by atoms with Gasteiger partial charge in [0.2, 0.25) is 0 Å². The molecule has 0 aromatic heterocycles. The molecule has 2 aromatic rings. The number of aliphatic hydroxyl groups is 1. The minimum absolute atomic E-state index is 0.119. The molecule has 31 heavy (non-hydrogen) atoms. The number of aliphatic hydroxyl groups excluding tert-OH is 1. The van der Waals surface area contributed by atoms with Crippen LogP contribution in [0.2, 0.25) is 0 Å². The van der Waals surface area contributed by atoms with Crippen LogP contribution in [-0.2, 0) is 9.59 Å². The summed E-state index contributed by atoms with van der Waals surface area (Å²) in [4.78, 5) is 29.6. The normalized spacial score (nSPS) is 18.1. The van der Waals surface area contributed by atoms with Gasteiger partial charge in [-0.1, -0.05) is 49.4 Å². The van der Waals surface area contributed by atoms with Gasteiger partial charge in [-0.15, -0.1) is 0 Å². The van der Waals surface area contributed by atoms with Gasteiger partial charge in [0.05, 0.1) is 18.2 Å². The maximum absolute atomic E-state index is 13.0. The zero-order valence-corrected chi connectivity index (χ0v) is 18.4. The molecule has 0 radical (unpaired) electrons. The molecule has 164 valence electrons. The first-order valence-electron chi connectivity index (χ1n) is 10.6. The summed E-state index contributed by atoms with van der Waals surface area (Å²) in [6.45, 7) is 3.81. The molecule has 1 heterocycles. The van der Waals surface area contributed by atoms with Crippen LogP contribution in [0.25, 0.3) is 5.76 Å². The van der Waals surface area contributed by atoms with E-state index < -0.39 is 17.7 Å². The number of likely N-dealkylation sites (tertiary alicyclic amines) is 1. The Morgan fingerprint density at radius 2 is 1.84 bits per heavy atom. The highest BCUT2D eigenvalue weighted by atomic mass is 16.5. The van der Waals surface area contributed by atoms with Gasteiger partial charge < -0.3 is 19.6 Å². The summed E-state index contributed by atoms with van der Waals surface area (Å²) in [5, 5.41) is 11.0. The second kappa shape index (κ2) is 10.3. The van der Waals surface area contributed by atoms with Gasteiger partial charge in [-0.2, -0.15) is 0 Å². The van der Waals surface area contributed by atoms with E-state index in [0.717, 1.165) is 18.5 Å². The average Bonchev–Trinajstić information content (AvgIpc) is 3.03. The number of amides is 1. The molecule has 1 aliphatic heterocycles. The SMILES string of the molecule is CCCOc1cccc([C@H]2C(=C(O)c3ccccc3)C(=O)C(=O)N2CCCN(C)C)c1. The maximum Gasteiger partial charge on any atom is 0.295 e. The van der Waals surface area contributed by atoms with E-state index in [0.29, 0.717) is 30.9 Å². The maximum atomic E-state index is 13.0. The molecular weight excluding hydrogens is 392 g/mol. The van der Waals surface area contributed by atoms with Gasteiger partial charge in [-0.25, -0.2) is 0 Å². The van der Waals surface area contributed by atoms with Gasteiger partial charge in [0.15, 0.2) is 0 Å². The predicted molar refractivity (Wildman–Crippen MR) is 121 cm³/mol. The standard InChI is InChI=1S/C25H30N2O4/c1-4-16-31-20-13-8-12-19(17-20)22-21(23(28)18-10-6-5-7-11-18)24(29)25(30)27(22)15-9-14-26(2)3/h5-8,10-13,17,22,28H,4,9,14-16H2,1-3H3/t22-/m0/s1. The molecule has 0 aliphatic carbocycles. The highest BCUT2D eigenvalue weighted by Crippen LogP contribution is 2.40. The topological polar surface area (TPSA) is 70.1 Å². The molecule has 6 heteroatoms. The first kappa shape index (κ1) is 22.6. The average molecular weight is 423 g/mol. The molecule has 2 aromatic carbocycles. The third kappa shape index (κ3) is 5.14. The van der Waals surface area contributed by atoms with Gasteiger partial charge in [0.25, 0.3) is 11.7 Å². The quantitative estimate of drug-likeness (QED) is 0.378. The zero-order valence-electron chi connectivity index (χ0n) is 18.4. The third-order valence-corrected chi connectivity index (χ3v) is 5.24. The number of carbonyl (C=O) groups excluding carboxylic acids is 2. The predicted octanol–water partition coefficient (Wildman–Crippen LogP) is 3.85. The summed E-state index contributed by atoms with van der Waals surface area (Å²) in [7, 11) is 3.94. The molecule has 3 rings (SSSR count). The van der Waals surface area contributed by atoms with Crippen LogP contribution in [0.15, 0.2) is 60.2 Å². The van der Waals surface area contributed by atoms with Crippen LogP contribution in [0, 0.1) is 0 Å². The van der Waals surface area contributed by atoms with Crippen LogP contribution in [0.3, 0.4) is 0 Å². The number of hydrogen-bond donors (Lipinski definition) is 1. The number of benzene rings is 2. The van der Waals surface area contributed by atoms with Crippen LogP contribution in [0.1, 0.15) is 36.9 Å². The Bertz CT molecular complexity index is 953. The number of Topliss-reactive ketones (excluding diaryl/α,β-unsaturated/α-hetero) is 1. The molecule has 1 saturated heterocycles. The van der Waals surface area contributed by atoms with E-state index in [-0.39, 0.29) is 11.3 Å². The van der Waals surface area contributed by atoms with E-state index >= 15 is 0 Å². The van der Waals surface area contributed by atoms with Crippen molar-refractivity contribution >= 4 is 17.4 Å². The number of hydrogen-bond acceptors (Lipinski definition) is 5. The second-order valence-corrected chi connectivity index (χ2v) is 7.94. The van der Waals surface area contributed by atoms with Crippen LogP contribution >= 0.6 is 0 Å². The summed E-state index contributed by atoms with van der Waals surface area (Å²) < 4.78 is 5.76. The Morgan fingerprint density at radius 1 is 1.10 bits per heavy atom. The lowest BCUT2D eigenvalue weighted by atomic mass is 9.95. The Labute approximate surface area is 183 Å². The smallest absolute Gasteiger partial charge is 0.295 e. The van der Waals surface area contributed by atoms with E-state index in [1.54, 1.807) is 29.2 Å². The van der Waals surface area contributed by atoms with Crippen LogP contribution in [0.4, 0.5) is 0 Å². The van der Waals surface area contributed by atoms with Crippen molar-refractivity contribution in [1.29, 1.82) is 0 Å². The van der Waals surface area contributed by atoms with Crippen molar-refractivity contribution in [3.8, 4) is 5.75 Å². The molecule has 1 amide bonds. The molecule has 6 nitrogen and oxygen atoms in total. The van der Waals surface area contributed by atoms with Gasteiger partial charge >= 0.3 is 0 Å². The molecule has 0 saturated carbocycles. The van der Waals surface area contributed by atoms with Gasteiger partial charge in [-0.05, 0) is 51.2 Å². The molecule has 1 aliphatic rings. The van der Waals surface area contributed by atoms with E-state index in [2.05, 4.69) is 0 Å². The van der Waals surface area contributed by atoms with Gasteiger partial charge in [-0.3, -0.25) is 9.59 Å². The lowest BCUT2D eigenvalue weighted by molar-refractivity contribution is -0.139. The van der Waals surface area contributed by atoms with Crippen LogP contribution < -0.4 is 4.74 Å². The number of rotatable bonds is 9. The van der Waals surface area contributed by atoms with Crippen molar-refractivity contribution in [2.75, 3.05) is 33.8 Å². The second-order valence-electron chi connectivity index (χ2n) is 7.94. The molecule has 1 atom stereocenters. The lowest BCUT2D eigenvalue weighted by Crippen LogP contribution is -2.32. The number of ketones is 1. The summed E-state index contributed by atoms with van der Waals surface area (Å²) in [5.41, 5.74) is 1.38.